The van der Waals surface area contributed by atoms with Gasteiger partial charge in [0.1, 0.15) is 0 Å². The van der Waals surface area contributed by atoms with E-state index in [1.807, 2.05) is 0 Å². The van der Waals surface area contributed by atoms with Crippen LogP contribution in [0.15, 0.2) is 30.5 Å². The highest BCUT2D eigenvalue weighted by Gasteiger charge is 2.20. The van der Waals surface area contributed by atoms with Crippen LogP contribution in [0.4, 0.5) is 0 Å². The molecule has 2 aromatic rings. The normalized spacial score (nSPS) is 15.1. The predicted molar refractivity (Wildman–Crippen MR) is 93.5 cm³/mol. The molecule has 1 amide bonds. The number of nitrogens with zero attached hydrogens (tertiary/aromatic N) is 3. The van der Waals surface area contributed by atoms with Crippen LogP contribution in [0.2, 0.25) is 0 Å². The first-order valence-electron chi connectivity index (χ1n) is 8.29. The van der Waals surface area contributed by atoms with Crippen LogP contribution in [0.5, 0.6) is 0 Å². The molecule has 3 rings (SSSR count). The second kappa shape index (κ2) is 6.32. The molecule has 0 atom stereocenters. The standard InChI is InChI=1S/C19H24N4O/c1-19(2,3)15-6-4-13(5-7-15)11-23-9-8-14-10-21-18(17(20)24)22-16(14)12-23/h4-7,10H,8-9,11-12H2,1-3H3,(H2,20,24). The molecule has 5 nitrogen and oxygen atoms in total. The van der Waals surface area contributed by atoms with Crippen LogP contribution in [-0.2, 0) is 24.9 Å². The predicted octanol–water partition coefficient (Wildman–Crippen LogP) is 2.43. The van der Waals surface area contributed by atoms with Crippen molar-refractivity contribution in [1.82, 2.24) is 14.9 Å². The molecule has 126 valence electrons. The van der Waals surface area contributed by atoms with Gasteiger partial charge in [0.05, 0.1) is 5.69 Å². The fourth-order valence-electron chi connectivity index (χ4n) is 2.98. The molecule has 0 fully saturated rings. The number of rotatable bonds is 3. The molecule has 24 heavy (non-hydrogen) atoms. The average Bonchev–Trinajstić information content (AvgIpc) is 2.54. The Balaban J connectivity index is 1.71. The molecule has 5 heteroatoms. The minimum Gasteiger partial charge on any atom is -0.363 e. The van der Waals surface area contributed by atoms with E-state index in [9.17, 15) is 4.79 Å². The van der Waals surface area contributed by atoms with Crippen LogP contribution in [0.1, 0.15) is 53.8 Å². The van der Waals surface area contributed by atoms with Crippen molar-refractivity contribution < 1.29 is 4.79 Å². The molecule has 0 aliphatic carbocycles. The monoisotopic (exact) mass is 324 g/mol. The fraction of sp³-hybridized carbons (Fsp3) is 0.421. The Labute approximate surface area is 142 Å². The van der Waals surface area contributed by atoms with Crippen molar-refractivity contribution in [3.63, 3.8) is 0 Å². The molecule has 1 aliphatic rings. The van der Waals surface area contributed by atoms with Crippen molar-refractivity contribution in [2.24, 2.45) is 5.73 Å². The van der Waals surface area contributed by atoms with E-state index in [0.717, 1.165) is 37.3 Å². The summed E-state index contributed by atoms with van der Waals surface area (Å²) in [5.74, 6) is -0.474. The van der Waals surface area contributed by atoms with Gasteiger partial charge in [0.2, 0.25) is 5.82 Å². The first kappa shape index (κ1) is 16.6. The lowest BCUT2D eigenvalue weighted by molar-refractivity contribution is 0.0989. The van der Waals surface area contributed by atoms with E-state index in [0.29, 0.717) is 0 Å². The SMILES string of the molecule is CC(C)(C)c1ccc(CN2CCc3cnc(C(N)=O)nc3C2)cc1. The van der Waals surface area contributed by atoms with Crippen LogP contribution >= 0.6 is 0 Å². The number of fused-ring (bicyclic) bond motifs is 1. The molecule has 0 unspecified atom stereocenters. The lowest BCUT2D eigenvalue weighted by Crippen LogP contribution is -2.32. The minimum absolute atomic E-state index is 0.102. The third-order valence-electron chi connectivity index (χ3n) is 4.47. The highest BCUT2D eigenvalue weighted by molar-refractivity contribution is 5.88. The van der Waals surface area contributed by atoms with Crippen molar-refractivity contribution >= 4 is 5.91 Å². The van der Waals surface area contributed by atoms with Crippen LogP contribution < -0.4 is 5.73 Å². The molecule has 0 saturated carbocycles. The van der Waals surface area contributed by atoms with E-state index >= 15 is 0 Å². The van der Waals surface area contributed by atoms with Crippen LogP contribution in [-0.4, -0.2) is 27.3 Å². The number of benzene rings is 1. The summed E-state index contributed by atoms with van der Waals surface area (Å²) in [7, 11) is 0. The largest absolute Gasteiger partial charge is 0.363 e. The molecule has 1 aromatic carbocycles. The zero-order valence-electron chi connectivity index (χ0n) is 14.5. The quantitative estimate of drug-likeness (QED) is 0.941. The summed E-state index contributed by atoms with van der Waals surface area (Å²) in [5.41, 5.74) is 10.1. The van der Waals surface area contributed by atoms with Crippen LogP contribution in [0, 0.1) is 0 Å². The summed E-state index contributed by atoms with van der Waals surface area (Å²) in [6, 6.07) is 8.82. The van der Waals surface area contributed by atoms with Gasteiger partial charge >= 0.3 is 0 Å². The molecule has 2 heterocycles. The van der Waals surface area contributed by atoms with Crippen molar-refractivity contribution in [2.45, 2.75) is 45.7 Å². The van der Waals surface area contributed by atoms with E-state index in [4.69, 9.17) is 5.73 Å². The Hall–Kier alpha value is -2.27. The Morgan fingerprint density at radius 2 is 1.96 bits per heavy atom. The second-order valence-corrected chi connectivity index (χ2v) is 7.44. The van der Waals surface area contributed by atoms with E-state index in [-0.39, 0.29) is 11.2 Å². The van der Waals surface area contributed by atoms with Gasteiger partial charge in [-0.3, -0.25) is 9.69 Å². The number of nitrogens with two attached hydrogens (primary N) is 1. The molecule has 0 radical (unpaired) electrons. The molecular formula is C19H24N4O. The zero-order chi connectivity index (χ0) is 17.3. The van der Waals surface area contributed by atoms with Gasteiger partial charge in [-0.1, -0.05) is 45.0 Å². The zero-order valence-corrected chi connectivity index (χ0v) is 14.5. The first-order valence-corrected chi connectivity index (χ1v) is 8.29. The third-order valence-corrected chi connectivity index (χ3v) is 4.47. The van der Waals surface area contributed by atoms with Crippen molar-refractivity contribution in [3.8, 4) is 0 Å². The highest BCUT2D eigenvalue weighted by atomic mass is 16.1. The van der Waals surface area contributed by atoms with Gasteiger partial charge in [0.15, 0.2) is 0 Å². The Morgan fingerprint density at radius 1 is 1.25 bits per heavy atom. The average molecular weight is 324 g/mol. The van der Waals surface area contributed by atoms with Gasteiger partial charge in [0, 0.05) is 25.8 Å². The Morgan fingerprint density at radius 3 is 2.58 bits per heavy atom. The topological polar surface area (TPSA) is 72.1 Å². The summed E-state index contributed by atoms with van der Waals surface area (Å²) in [6.07, 6.45) is 2.63. The maximum absolute atomic E-state index is 11.3. The van der Waals surface area contributed by atoms with Gasteiger partial charge in [-0.15, -0.1) is 0 Å². The maximum Gasteiger partial charge on any atom is 0.286 e. The number of carbonyl (C=O) groups is 1. The van der Waals surface area contributed by atoms with Crippen molar-refractivity contribution in [3.05, 3.63) is 58.7 Å². The summed E-state index contributed by atoms with van der Waals surface area (Å²) in [6.45, 7) is 9.23. The van der Waals surface area contributed by atoms with Gasteiger partial charge in [-0.25, -0.2) is 9.97 Å². The maximum atomic E-state index is 11.3. The molecule has 0 bridgehead atoms. The lowest BCUT2D eigenvalue weighted by atomic mass is 9.86. The summed E-state index contributed by atoms with van der Waals surface area (Å²) in [5, 5.41) is 0. The van der Waals surface area contributed by atoms with Crippen LogP contribution in [0.3, 0.4) is 0 Å². The molecule has 2 N–H and O–H groups in total. The molecule has 1 aromatic heterocycles. The fourth-order valence-corrected chi connectivity index (χ4v) is 2.98. The minimum atomic E-state index is -0.576. The Kier molecular flexibility index (Phi) is 4.37. The molecular weight excluding hydrogens is 300 g/mol. The Bertz CT molecular complexity index is 747. The number of aromatic nitrogens is 2. The number of hydrogen-bond donors (Lipinski definition) is 1. The summed E-state index contributed by atoms with van der Waals surface area (Å²) < 4.78 is 0. The van der Waals surface area contributed by atoms with Gasteiger partial charge in [0.25, 0.3) is 5.91 Å². The molecule has 0 saturated heterocycles. The van der Waals surface area contributed by atoms with Gasteiger partial charge in [-0.05, 0) is 28.5 Å². The number of primary amides is 1. The third kappa shape index (κ3) is 3.62. The number of carbonyl (C=O) groups excluding carboxylic acids is 1. The van der Waals surface area contributed by atoms with E-state index in [1.165, 1.54) is 11.1 Å². The van der Waals surface area contributed by atoms with E-state index < -0.39 is 5.91 Å². The lowest BCUT2D eigenvalue weighted by Gasteiger charge is -2.28. The summed E-state index contributed by atoms with van der Waals surface area (Å²) in [4.78, 5) is 21.9. The highest BCUT2D eigenvalue weighted by Crippen LogP contribution is 2.23. The smallest absolute Gasteiger partial charge is 0.286 e. The van der Waals surface area contributed by atoms with Crippen molar-refractivity contribution in [1.29, 1.82) is 0 Å². The molecule has 0 spiro atoms. The number of amides is 1. The van der Waals surface area contributed by atoms with Crippen LogP contribution in [0.25, 0.3) is 0 Å². The second-order valence-electron chi connectivity index (χ2n) is 7.44. The summed E-state index contributed by atoms with van der Waals surface area (Å²) >= 11 is 0. The molecule has 1 aliphatic heterocycles. The number of hydrogen-bond acceptors (Lipinski definition) is 4. The van der Waals surface area contributed by atoms with E-state index in [2.05, 4.69) is 59.9 Å². The van der Waals surface area contributed by atoms with E-state index in [1.54, 1.807) is 6.20 Å². The van der Waals surface area contributed by atoms with Gasteiger partial charge < -0.3 is 5.73 Å². The van der Waals surface area contributed by atoms with Crippen molar-refractivity contribution in [2.75, 3.05) is 6.54 Å². The first-order chi connectivity index (χ1) is 11.3. The van der Waals surface area contributed by atoms with Gasteiger partial charge in [-0.2, -0.15) is 0 Å².